The number of carbonyl (C=O) groups is 2. The summed E-state index contributed by atoms with van der Waals surface area (Å²) >= 11 is 0. The van der Waals surface area contributed by atoms with Crippen molar-refractivity contribution in [3.05, 3.63) is 108 Å². The minimum absolute atomic E-state index is 0.148. The van der Waals surface area contributed by atoms with Gasteiger partial charge in [-0.05, 0) is 47.5 Å². The Morgan fingerprint density at radius 3 is 2.48 bits per heavy atom. The van der Waals surface area contributed by atoms with Crippen LogP contribution in [0.3, 0.4) is 0 Å². The number of carbonyl (C=O) groups excluding carboxylic acids is 2. The zero-order chi connectivity index (χ0) is 21.8. The first kappa shape index (κ1) is 19.8. The van der Waals surface area contributed by atoms with Gasteiger partial charge in [0.25, 0.3) is 5.91 Å². The molecule has 1 amide bonds. The largest absolute Gasteiger partial charge is 0.364 e. The van der Waals surface area contributed by atoms with E-state index in [2.05, 4.69) is 11.1 Å². The number of amides is 1. The molecule has 2 aromatic carbocycles. The number of hydrogen-bond acceptors (Lipinski definition) is 5. The Bertz CT molecular complexity index is 1260. The Morgan fingerprint density at radius 2 is 1.77 bits per heavy atom. The van der Waals surface area contributed by atoms with Crippen molar-refractivity contribution in [3.8, 4) is 6.07 Å². The number of rotatable bonds is 5. The molecule has 6 heteroatoms. The topological polar surface area (TPSA) is 100 Å². The molecule has 150 valence electrons. The first-order valence-electron chi connectivity index (χ1n) is 9.61. The third-order valence-electron chi connectivity index (χ3n) is 5.05. The lowest BCUT2D eigenvalue weighted by Crippen LogP contribution is -2.36. The number of nitrogens with two attached hydrogens (primary N) is 1. The van der Waals surface area contributed by atoms with Crippen molar-refractivity contribution in [3.63, 3.8) is 0 Å². The Balaban J connectivity index is 1.94. The van der Waals surface area contributed by atoms with Gasteiger partial charge in [0, 0.05) is 17.5 Å². The average Bonchev–Trinajstić information content (AvgIpc) is 2.83. The van der Waals surface area contributed by atoms with E-state index in [0.29, 0.717) is 28.0 Å². The third kappa shape index (κ3) is 3.85. The predicted octanol–water partition coefficient (Wildman–Crippen LogP) is 3.56. The van der Waals surface area contributed by atoms with Crippen molar-refractivity contribution in [2.24, 2.45) is 5.73 Å². The number of nitriles is 1. The highest BCUT2D eigenvalue weighted by atomic mass is 16.1. The SMILES string of the molecule is N#Cc1ccccc1C1=CC(c2cccc(C(N)=O)n2)=CN(c2ccccc2)C1C=O. The first-order valence-corrected chi connectivity index (χ1v) is 9.61. The highest BCUT2D eigenvalue weighted by Crippen LogP contribution is 2.35. The second-order valence-corrected chi connectivity index (χ2v) is 6.94. The molecule has 1 aliphatic rings. The van der Waals surface area contributed by atoms with Gasteiger partial charge in [-0.1, -0.05) is 42.5 Å². The molecule has 2 N–H and O–H groups in total. The molecule has 0 fully saturated rings. The standard InChI is InChI=1S/C25H18N4O2/c26-14-17-7-4-5-10-20(17)21-13-18(22-11-6-12-23(28-22)25(27)31)15-29(24(21)16-30)19-8-2-1-3-9-19/h1-13,15-16,24H,(H2,27,31). The normalized spacial score (nSPS) is 15.5. The number of hydrogen-bond donors (Lipinski definition) is 1. The van der Waals surface area contributed by atoms with E-state index in [1.165, 1.54) is 0 Å². The molecule has 0 spiro atoms. The van der Waals surface area contributed by atoms with E-state index >= 15 is 0 Å². The summed E-state index contributed by atoms with van der Waals surface area (Å²) in [4.78, 5) is 30.1. The van der Waals surface area contributed by atoms with Crippen LogP contribution in [0.1, 0.15) is 27.3 Å². The zero-order valence-electron chi connectivity index (χ0n) is 16.5. The Kier molecular flexibility index (Phi) is 5.41. The lowest BCUT2D eigenvalue weighted by Gasteiger charge is -2.33. The van der Waals surface area contributed by atoms with E-state index < -0.39 is 11.9 Å². The van der Waals surface area contributed by atoms with E-state index in [9.17, 15) is 14.9 Å². The predicted molar refractivity (Wildman–Crippen MR) is 119 cm³/mol. The minimum Gasteiger partial charge on any atom is -0.364 e. The van der Waals surface area contributed by atoms with Gasteiger partial charge >= 0.3 is 0 Å². The summed E-state index contributed by atoms with van der Waals surface area (Å²) in [5.41, 5.74) is 9.38. The van der Waals surface area contributed by atoms with Crippen LogP contribution < -0.4 is 10.6 Å². The number of aromatic nitrogens is 1. The molecule has 0 saturated heterocycles. The quantitative estimate of drug-likeness (QED) is 0.653. The van der Waals surface area contributed by atoms with Gasteiger partial charge in [0.05, 0.1) is 17.3 Å². The summed E-state index contributed by atoms with van der Waals surface area (Å²) in [5.74, 6) is -0.622. The second kappa shape index (κ2) is 8.47. The van der Waals surface area contributed by atoms with Crippen molar-refractivity contribution < 1.29 is 9.59 Å². The summed E-state index contributed by atoms with van der Waals surface area (Å²) in [6.07, 6.45) is 4.51. The van der Waals surface area contributed by atoms with E-state index in [4.69, 9.17) is 5.73 Å². The van der Waals surface area contributed by atoms with Crippen LogP contribution in [0.15, 0.2) is 85.1 Å². The van der Waals surface area contributed by atoms with Crippen molar-refractivity contribution >= 4 is 29.0 Å². The minimum atomic E-state index is -0.639. The fourth-order valence-electron chi connectivity index (χ4n) is 3.59. The molecule has 1 aromatic heterocycles. The molecule has 6 nitrogen and oxygen atoms in total. The Morgan fingerprint density at radius 1 is 1.03 bits per heavy atom. The molecular formula is C25H18N4O2. The third-order valence-corrected chi connectivity index (χ3v) is 5.05. The summed E-state index contributed by atoms with van der Waals surface area (Å²) in [6.45, 7) is 0. The van der Waals surface area contributed by atoms with Gasteiger partial charge < -0.3 is 15.4 Å². The number of nitrogens with zero attached hydrogens (tertiary/aromatic N) is 3. The van der Waals surface area contributed by atoms with Gasteiger partial charge in [-0.15, -0.1) is 0 Å². The molecule has 0 aliphatic carbocycles. The number of allylic oxidation sites excluding steroid dienone is 2. The van der Waals surface area contributed by atoms with Gasteiger partial charge in [-0.3, -0.25) is 4.79 Å². The zero-order valence-corrected chi connectivity index (χ0v) is 16.5. The lowest BCUT2D eigenvalue weighted by molar-refractivity contribution is -0.107. The fourth-order valence-corrected chi connectivity index (χ4v) is 3.59. The van der Waals surface area contributed by atoms with Crippen molar-refractivity contribution in [2.45, 2.75) is 6.04 Å². The highest BCUT2D eigenvalue weighted by molar-refractivity contribution is 5.99. The van der Waals surface area contributed by atoms with Crippen LogP contribution in [-0.2, 0) is 4.79 Å². The molecule has 0 bridgehead atoms. The Labute approximate surface area is 179 Å². The molecule has 3 aromatic rings. The summed E-state index contributed by atoms with van der Waals surface area (Å²) in [5, 5.41) is 9.61. The van der Waals surface area contributed by atoms with Gasteiger partial charge in [0.15, 0.2) is 0 Å². The van der Waals surface area contributed by atoms with E-state index in [-0.39, 0.29) is 5.69 Å². The average molecular weight is 406 g/mol. The number of primary amides is 1. The summed E-state index contributed by atoms with van der Waals surface area (Å²) < 4.78 is 0. The molecule has 0 radical (unpaired) electrons. The van der Waals surface area contributed by atoms with E-state index in [1.807, 2.05) is 59.6 Å². The number of benzene rings is 2. The number of aldehydes is 1. The molecule has 4 rings (SSSR count). The van der Waals surface area contributed by atoms with E-state index in [1.54, 1.807) is 30.3 Å². The maximum atomic E-state index is 12.2. The molecule has 2 heterocycles. The summed E-state index contributed by atoms with van der Waals surface area (Å²) in [7, 11) is 0. The molecule has 31 heavy (non-hydrogen) atoms. The number of anilines is 1. The summed E-state index contributed by atoms with van der Waals surface area (Å²) in [6, 6.07) is 23.2. The van der Waals surface area contributed by atoms with Crippen LogP contribution in [0, 0.1) is 11.3 Å². The fraction of sp³-hybridized carbons (Fsp3) is 0.0400. The number of para-hydroxylation sites is 1. The van der Waals surface area contributed by atoms with Gasteiger partial charge in [-0.25, -0.2) is 4.98 Å². The van der Waals surface area contributed by atoms with Crippen LogP contribution in [0.2, 0.25) is 0 Å². The molecule has 1 atom stereocenters. The van der Waals surface area contributed by atoms with Gasteiger partial charge in [0.2, 0.25) is 0 Å². The first-order chi connectivity index (χ1) is 15.1. The van der Waals surface area contributed by atoms with Crippen molar-refractivity contribution in [1.29, 1.82) is 5.26 Å². The number of pyridine rings is 1. The van der Waals surface area contributed by atoms with Crippen molar-refractivity contribution in [1.82, 2.24) is 4.98 Å². The van der Waals surface area contributed by atoms with Crippen LogP contribution >= 0.6 is 0 Å². The molecule has 1 unspecified atom stereocenters. The van der Waals surface area contributed by atoms with Crippen LogP contribution in [-0.4, -0.2) is 23.2 Å². The maximum Gasteiger partial charge on any atom is 0.267 e. The van der Waals surface area contributed by atoms with E-state index in [0.717, 1.165) is 12.0 Å². The maximum absolute atomic E-state index is 12.2. The monoisotopic (exact) mass is 406 g/mol. The Hall–Kier alpha value is -4.50. The lowest BCUT2D eigenvalue weighted by atomic mass is 9.89. The highest BCUT2D eigenvalue weighted by Gasteiger charge is 2.28. The smallest absolute Gasteiger partial charge is 0.267 e. The molecular weight excluding hydrogens is 388 g/mol. The van der Waals surface area contributed by atoms with Gasteiger partial charge in [0.1, 0.15) is 18.0 Å². The molecule has 1 aliphatic heterocycles. The molecule has 0 saturated carbocycles. The second-order valence-electron chi connectivity index (χ2n) is 6.94. The van der Waals surface area contributed by atoms with Crippen LogP contribution in [0.25, 0.3) is 11.1 Å². The van der Waals surface area contributed by atoms with Gasteiger partial charge in [-0.2, -0.15) is 5.26 Å². The van der Waals surface area contributed by atoms with Crippen LogP contribution in [0.5, 0.6) is 0 Å². The van der Waals surface area contributed by atoms with Crippen LogP contribution in [0.4, 0.5) is 5.69 Å². The van der Waals surface area contributed by atoms with Crippen molar-refractivity contribution in [2.75, 3.05) is 4.90 Å².